The monoisotopic (exact) mass is 272 g/mol. The zero-order chi connectivity index (χ0) is 13.9. The number of rotatable bonds is 5. The SMILES string of the molecule is CC(C)Oc1ccccc1CN1CC(n2ccnn2)C1. The molecule has 1 aliphatic heterocycles. The van der Waals surface area contributed by atoms with Gasteiger partial charge in [-0.05, 0) is 19.9 Å². The van der Waals surface area contributed by atoms with E-state index in [0.29, 0.717) is 6.04 Å². The predicted octanol–water partition coefficient (Wildman–Crippen LogP) is 2.12. The molecule has 0 atom stereocenters. The third kappa shape index (κ3) is 2.82. The number of benzene rings is 1. The predicted molar refractivity (Wildman–Crippen MR) is 76.5 cm³/mol. The van der Waals surface area contributed by atoms with E-state index in [1.54, 1.807) is 6.20 Å². The van der Waals surface area contributed by atoms with Gasteiger partial charge in [0.25, 0.3) is 0 Å². The van der Waals surface area contributed by atoms with Crippen LogP contribution in [0.3, 0.4) is 0 Å². The fraction of sp³-hybridized carbons (Fsp3) is 0.467. The molecule has 0 N–H and O–H groups in total. The van der Waals surface area contributed by atoms with E-state index in [-0.39, 0.29) is 6.10 Å². The van der Waals surface area contributed by atoms with E-state index in [1.165, 1.54) is 5.56 Å². The van der Waals surface area contributed by atoms with Crippen molar-refractivity contribution in [3.05, 3.63) is 42.2 Å². The second-order valence-electron chi connectivity index (χ2n) is 5.51. The molecule has 1 fully saturated rings. The van der Waals surface area contributed by atoms with Crippen LogP contribution in [-0.4, -0.2) is 39.1 Å². The molecule has 0 spiro atoms. The van der Waals surface area contributed by atoms with E-state index < -0.39 is 0 Å². The molecule has 2 aromatic rings. The Hall–Kier alpha value is -1.88. The standard InChI is InChI=1S/C15H20N4O/c1-12(2)20-15-6-4-3-5-13(15)9-18-10-14(11-18)19-8-7-16-17-19/h3-8,12,14H,9-11H2,1-2H3. The van der Waals surface area contributed by atoms with Gasteiger partial charge in [-0.2, -0.15) is 0 Å². The van der Waals surface area contributed by atoms with Crippen molar-refractivity contribution in [1.29, 1.82) is 0 Å². The molecule has 106 valence electrons. The highest BCUT2D eigenvalue weighted by molar-refractivity contribution is 5.33. The van der Waals surface area contributed by atoms with Crippen molar-refractivity contribution >= 4 is 0 Å². The van der Waals surface area contributed by atoms with Gasteiger partial charge in [-0.3, -0.25) is 4.90 Å². The van der Waals surface area contributed by atoms with Gasteiger partial charge in [0, 0.05) is 31.4 Å². The Morgan fingerprint density at radius 2 is 2.10 bits per heavy atom. The minimum atomic E-state index is 0.204. The largest absolute Gasteiger partial charge is 0.491 e. The summed E-state index contributed by atoms with van der Waals surface area (Å²) in [5, 5.41) is 7.91. The van der Waals surface area contributed by atoms with Crippen molar-refractivity contribution < 1.29 is 4.74 Å². The van der Waals surface area contributed by atoms with Crippen molar-refractivity contribution in [2.24, 2.45) is 0 Å². The minimum absolute atomic E-state index is 0.204. The van der Waals surface area contributed by atoms with E-state index in [4.69, 9.17) is 4.74 Å². The molecule has 1 aromatic carbocycles. The maximum atomic E-state index is 5.86. The van der Waals surface area contributed by atoms with Crippen LogP contribution in [0.2, 0.25) is 0 Å². The summed E-state index contributed by atoms with van der Waals surface area (Å²) >= 11 is 0. The molecule has 0 aliphatic carbocycles. The lowest BCUT2D eigenvalue weighted by atomic mass is 10.1. The Morgan fingerprint density at radius 3 is 2.80 bits per heavy atom. The van der Waals surface area contributed by atoms with Crippen LogP contribution < -0.4 is 4.74 Å². The van der Waals surface area contributed by atoms with Crippen LogP contribution in [0.1, 0.15) is 25.5 Å². The molecule has 20 heavy (non-hydrogen) atoms. The number of para-hydroxylation sites is 1. The van der Waals surface area contributed by atoms with Crippen LogP contribution in [0, 0.1) is 0 Å². The molecule has 0 saturated carbocycles. The average Bonchev–Trinajstić information content (AvgIpc) is 2.88. The summed E-state index contributed by atoms with van der Waals surface area (Å²) in [7, 11) is 0. The van der Waals surface area contributed by atoms with Crippen LogP contribution in [0.25, 0.3) is 0 Å². The lowest BCUT2D eigenvalue weighted by molar-refractivity contribution is 0.0879. The molecule has 0 radical (unpaired) electrons. The van der Waals surface area contributed by atoms with Gasteiger partial charge < -0.3 is 4.74 Å². The number of hydrogen-bond acceptors (Lipinski definition) is 4. The first-order valence-corrected chi connectivity index (χ1v) is 7.05. The van der Waals surface area contributed by atoms with Gasteiger partial charge in [0.05, 0.1) is 18.3 Å². The van der Waals surface area contributed by atoms with Crippen LogP contribution in [0.4, 0.5) is 0 Å². The van der Waals surface area contributed by atoms with Crippen molar-refractivity contribution in [1.82, 2.24) is 19.9 Å². The molecule has 0 amide bonds. The van der Waals surface area contributed by atoms with E-state index in [0.717, 1.165) is 25.4 Å². The normalized spacial score (nSPS) is 16.4. The first-order valence-electron chi connectivity index (χ1n) is 7.05. The smallest absolute Gasteiger partial charge is 0.124 e. The number of ether oxygens (including phenoxy) is 1. The molecule has 2 heterocycles. The maximum Gasteiger partial charge on any atom is 0.124 e. The number of hydrogen-bond donors (Lipinski definition) is 0. The Labute approximate surface area is 119 Å². The summed E-state index contributed by atoms with van der Waals surface area (Å²) in [6, 6.07) is 8.73. The quantitative estimate of drug-likeness (QED) is 0.836. The Balaban J connectivity index is 1.60. The first kappa shape index (κ1) is 13.1. The number of aromatic nitrogens is 3. The van der Waals surface area contributed by atoms with Crippen LogP contribution in [0.5, 0.6) is 5.75 Å². The lowest BCUT2D eigenvalue weighted by Crippen LogP contribution is -2.47. The van der Waals surface area contributed by atoms with E-state index in [1.807, 2.05) is 23.0 Å². The second-order valence-corrected chi connectivity index (χ2v) is 5.51. The highest BCUT2D eigenvalue weighted by Crippen LogP contribution is 2.26. The summed E-state index contributed by atoms with van der Waals surface area (Å²) in [6.45, 7) is 7.06. The second kappa shape index (κ2) is 5.63. The van der Waals surface area contributed by atoms with E-state index in [2.05, 4.69) is 41.2 Å². The van der Waals surface area contributed by atoms with Gasteiger partial charge in [-0.25, -0.2) is 4.68 Å². The number of nitrogens with zero attached hydrogens (tertiary/aromatic N) is 4. The molecule has 1 aromatic heterocycles. The molecular weight excluding hydrogens is 252 g/mol. The topological polar surface area (TPSA) is 43.2 Å². The third-order valence-electron chi connectivity index (χ3n) is 3.48. The first-order chi connectivity index (χ1) is 9.72. The highest BCUT2D eigenvalue weighted by atomic mass is 16.5. The number of likely N-dealkylation sites (tertiary alicyclic amines) is 1. The van der Waals surface area contributed by atoms with Crippen LogP contribution >= 0.6 is 0 Å². The fourth-order valence-electron chi connectivity index (χ4n) is 2.50. The zero-order valence-corrected chi connectivity index (χ0v) is 11.9. The summed E-state index contributed by atoms with van der Waals surface area (Å²) in [5.74, 6) is 0.992. The molecule has 5 heteroatoms. The van der Waals surface area contributed by atoms with Gasteiger partial charge in [0.15, 0.2) is 0 Å². The molecule has 1 saturated heterocycles. The minimum Gasteiger partial charge on any atom is -0.491 e. The average molecular weight is 272 g/mol. The Bertz CT molecular complexity index is 547. The molecule has 0 bridgehead atoms. The molecule has 5 nitrogen and oxygen atoms in total. The van der Waals surface area contributed by atoms with Crippen molar-refractivity contribution in [3.63, 3.8) is 0 Å². The molecule has 1 aliphatic rings. The van der Waals surface area contributed by atoms with Gasteiger partial charge in [0.1, 0.15) is 5.75 Å². The van der Waals surface area contributed by atoms with E-state index >= 15 is 0 Å². The Kier molecular flexibility index (Phi) is 3.69. The van der Waals surface area contributed by atoms with Crippen LogP contribution in [0.15, 0.2) is 36.7 Å². The third-order valence-corrected chi connectivity index (χ3v) is 3.48. The van der Waals surface area contributed by atoms with E-state index in [9.17, 15) is 0 Å². The zero-order valence-electron chi connectivity index (χ0n) is 11.9. The lowest BCUT2D eigenvalue weighted by Gasteiger charge is -2.39. The molecule has 0 unspecified atom stereocenters. The van der Waals surface area contributed by atoms with Crippen molar-refractivity contribution in [2.75, 3.05) is 13.1 Å². The van der Waals surface area contributed by atoms with Crippen molar-refractivity contribution in [2.45, 2.75) is 32.5 Å². The summed E-state index contributed by atoms with van der Waals surface area (Å²) in [5.41, 5.74) is 1.25. The van der Waals surface area contributed by atoms with Crippen molar-refractivity contribution in [3.8, 4) is 5.75 Å². The Morgan fingerprint density at radius 1 is 1.30 bits per heavy atom. The fourth-order valence-corrected chi connectivity index (χ4v) is 2.50. The van der Waals surface area contributed by atoms with Gasteiger partial charge >= 0.3 is 0 Å². The molecule has 3 rings (SSSR count). The summed E-state index contributed by atoms with van der Waals surface area (Å²) in [6.07, 6.45) is 3.86. The molecular formula is C15H20N4O. The highest BCUT2D eigenvalue weighted by Gasteiger charge is 2.29. The van der Waals surface area contributed by atoms with Gasteiger partial charge in [0.2, 0.25) is 0 Å². The summed E-state index contributed by atoms with van der Waals surface area (Å²) in [4.78, 5) is 2.40. The summed E-state index contributed by atoms with van der Waals surface area (Å²) < 4.78 is 7.80. The van der Waals surface area contributed by atoms with Crippen LogP contribution in [-0.2, 0) is 6.54 Å². The van der Waals surface area contributed by atoms with Gasteiger partial charge in [-0.15, -0.1) is 5.10 Å². The maximum absolute atomic E-state index is 5.86. The van der Waals surface area contributed by atoms with Gasteiger partial charge in [-0.1, -0.05) is 23.4 Å².